The van der Waals surface area contributed by atoms with Crippen LogP contribution >= 0.6 is 0 Å². The zero-order valence-electron chi connectivity index (χ0n) is 18.6. The van der Waals surface area contributed by atoms with E-state index in [1.165, 1.54) is 30.0 Å². The number of amides is 1. The van der Waals surface area contributed by atoms with Gasteiger partial charge in [-0.3, -0.25) is 9.36 Å². The molecule has 5 nitrogen and oxygen atoms in total. The number of rotatable bonds is 5. The summed E-state index contributed by atoms with van der Waals surface area (Å²) >= 11 is 0. The Kier molecular flexibility index (Phi) is 6.03. The van der Waals surface area contributed by atoms with Crippen molar-refractivity contribution < 1.29 is 22.7 Å². The molecule has 0 spiro atoms. The predicted octanol–water partition coefficient (Wildman–Crippen LogP) is 6.25. The molecule has 35 heavy (non-hydrogen) atoms. The average molecular weight is 477 g/mol. The van der Waals surface area contributed by atoms with Crippen molar-refractivity contribution in [2.75, 3.05) is 0 Å². The van der Waals surface area contributed by atoms with E-state index in [1.54, 1.807) is 35.2 Å². The Balaban J connectivity index is 1.40. The summed E-state index contributed by atoms with van der Waals surface area (Å²) in [4.78, 5) is 17.4. The monoisotopic (exact) mass is 477 g/mol. The van der Waals surface area contributed by atoms with Gasteiger partial charge in [-0.25, -0.2) is 4.98 Å². The second-order valence-corrected chi connectivity index (χ2v) is 8.39. The number of aromatic nitrogens is 2. The van der Waals surface area contributed by atoms with Crippen LogP contribution in [-0.2, 0) is 6.42 Å². The summed E-state index contributed by atoms with van der Waals surface area (Å²) in [6.45, 7) is 0. The van der Waals surface area contributed by atoms with Crippen LogP contribution in [0.1, 0.15) is 40.5 Å². The maximum Gasteiger partial charge on any atom is 0.573 e. The number of nitrogens with one attached hydrogen (secondary N) is 1. The molecule has 0 saturated carbocycles. The van der Waals surface area contributed by atoms with E-state index in [-0.39, 0.29) is 17.7 Å². The maximum absolute atomic E-state index is 13.2. The molecule has 1 aliphatic rings. The molecule has 1 aliphatic carbocycles. The number of hydrogen-bond donors (Lipinski definition) is 1. The van der Waals surface area contributed by atoms with Crippen LogP contribution in [0, 0.1) is 0 Å². The molecule has 8 heteroatoms. The third-order valence-electron chi connectivity index (χ3n) is 6.07. The Bertz CT molecular complexity index is 1360. The highest BCUT2D eigenvalue weighted by Gasteiger charge is 2.31. The number of halogens is 3. The van der Waals surface area contributed by atoms with E-state index in [2.05, 4.69) is 27.2 Å². The second-order valence-electron chi connectivity index (χ2n) is 8.39. The molecule has 1 aromatic heterocycles. The Labute approximate surface area is 200 Å². The fourth-order valence-corrected chi connectivity index (χ4v) is 4.51. The second kappa shape index (κ2) is 9.29. The van der Waals surface area contributed by atoms with Gasteiger partial charge in [0.2, 0.25) is 0 Å². The molecule has 1 heterocycles. The smallest absolute Gasteiger partial charge is 0.406 e. The highest BCUT2D eigenvalue weighted by molar-refractivity contribution is 5.93. The molecule has 0 bridgehead atoms. The van der Waals surface area contributed by atoms with E-state index in [0.717, 1.165) is 24.8 Å². The van der Waals surface area contributed by atoms with Crippen molar-refractivity contribution in [3.05, 3.63) is 102 Å². The van der Waals surface area contributed by atoms with Gasteiger partial charge in [0.25, 0.3) is 5.91 Å². The van der Waals surface area contributed by atoms with Gasteiger partial charge in [-0.15, -0.1) is 13.2 Å². The molecule has 178 valence electrons. The van der Waals surface area contributed by atoms with Gasteiger partial charge in [0, 0.05) is 5.69 Å². The largest absolute Gasteiger partial charge is 0.573 e. The minimum Gasteiger partial charge on any atom is -0.406 e. The van der Waals surface area contributed by atoms with Crippen LogP contribution in [0.4, 0.5) is 13.2 Å². The van der Waals surface area contributed by atoms with Crippen molar-refractivity contribution in [3.63, 3.8) is 0 Å². The molecular weight excluding hydrogens is 455 g/mol. The van der Waals surface area contributed by atoms with E-state index in [4.69, 9.17) is 0 Å². The van der Waals surface area contributed by atoms with Gasteiger partial charge in [-0.05, 0) is 65.8 Å². The quantitative estimate of drug-likeness (QED) is 0.370. The molecule has 5 rings (SSSR count). The van der Waals surface area contributed by atoms with Crippen LogP contribution in [-0.4, -0.2) is 21.8 Å². The van der Waals surface area contributed by atoms with Crippen LogP contribution in [0.3, 0.4) is 0 Å². The molecule has 1 atom stereocenters. The summed E-state index contributed by atoms with van der Waals surface area (Å²) < 4.78 is 43.6. The molecular formula is C27H22F3N3O2. The lowest BCUT2D eigenvalue weighted by molar-refractivity contribution is -0.274. The van der Waals surface area contributed by atoms with Crippen molar-refractivity contribution in [1.82, 2.24) is 14.9 Å². The molecule has 0 saturated heterocycles. The number of imidazole rings is 1. The summed E-state index contributed by atoms with van der Waals surface area (Å²) in [7, 11) is 0. The SMILES string of the molecule is O=C(NC1CCCc2ccccc21)c1cncn1-c1cccc(-c2cccc(OC(F)(F)F)c2)c1. The van der Waals surface area contributed by atoms with Gasteiger partial charge in [0.1, 0.15) is 11.4 Å². The van der Waals surface area contributed by atoms with Crippen LogP contribution < -0.4 is 10.1 Å². The molecule has 0 radical (unpaired) electrons. The lowest BCUT2D eigenvalue weighted by Crippen LogP contribution is -2.32. The Hall–Kier alpha value is -4.07. The number of benzene rings is 3. The summed E-state index contributed by atoms with van der Waals surface area (Å²) in [5, 5.41) is 3.14. The zero-order chi connectivity index (χ0) is 24.4. The molecule has 1 amide bonds. The fraction of sp³-hybridized carbons (Fsp3) is 0.185. The molecule has 0 fully saturated rings. The topological polar surface area (TPSA) is 56.2 Å². The summed E-state index contributed by atoms with van der Waals surface area (Å²) in [5.74, 6) is -0.536. The molecule has 3 aromatic carbocycles. The van der Waals surface area contributed by atoms with Gasteiger partial charge in [-0.1, -0.05) is 48.5 Å². The van der Waals surface area contributed by atoms with Crippen molar-refractivity contribution in [2.24, 2.45) is 0 Å². The third-order valence-corrected chi connectivity index (χ3v) is 6.07. The Morgan fingerprint density at radius 2 is 1.77 bits per heavy atom. The highest BCUT2D eigenvalue weighted by Crippen LogP contribution is 2.31. The standard InChI is InChI=1S/C27H22F3N3O2/c28-27(29,30)35-22-11-4-9-20(15-22)19-8-3-10-21(14-19)33-17-31-16-25(33)26(34)32-24-13-5-7-18-6-1-2-12-23(18)24/h1-4,6,8-12,14-17,24H,5,7,13H2,(H,32,34). The highest BCUT2D eigenvalue weighted by atomic mass is 19.4. The summed E-state index contributed by atoms with van der Waals surface area (Å²) in [5.41, 5.74) is 4.66. The lowest BCUT2D eigenvalue weighted by atomic mass is 9.88. The van der Waals surface area contributed by atoms with Gasteiger partial charge >= 0.3 is 6.36 Å². The van der Waals surface area contributed by atoms with E-state index in [9.17, 15) is 18.0 Å². The van der Waals surface area contributed by atoms with E-state index in [0.29, 0.717) is 22.5 Å². The number of fused-ring (bicyclic) bond motifs is 1. The van der Waals surface area contributed by atoms with Gasteiger partial charge in [0.15, 0.2) is 0 Å². The minimum absolute atomic E-state index is 0.0708. The van der Waals surface area contributed by atoms with Crippen LogP contribution in [0.25, 0.3) is 16.8 Å². The van der Waals surface area contributed by atoms with Gasteiger partial charge in [0.05, 0.1) is 18.6 Å². The number of carbonyl (C=O) groups is 1. The molecule has 1 unspecified atom stereocenters. The zero-order valence-corrected chi connectivity index (χ0v) is 18.6. The van der Waals surface area contributed by atoms with Crippen molar-refractivity contribution >= 4 is 5.91 Å². The number of hydrogen-bond acceptors (Lipinski definition) is 3. The fourth-order valence-electron chi connectivity index (χ4n) is 4.51. The average Bonchev–Trinajstić information content (AvgIpc) is 3.34. The minimum atomic E-state index is -4.77. The van der Waals surface area contributed by atoms with Crippen molar-refractivity contribution in [2.45, 2.75) is 31.7 Å². The molecule has 4 aromatic rings. The van der Waals surface area contributed by atoms with E-state index < -0.39 is 6.36 Å². The van der Waals surface area contributed by atoms with Crippen LogP contribution in [0.2, 0.25) is 0 Å². The lowest BCUT2D eigenvalue weighted by Gasteiger charge is -2.26. The molecule has 0 aliphatic heterocycles. The first kappa shape index (κ1) is 22.7. The van der Waals surface area contributed by atoms with Crippen LogP contribution in [0.15, 0.2) is 85.3 Å². The Morgan fingerprint density at radius 1 is 1.00 bits per heavy atom. The number of carbonyl (C=O) groups excluding carboxylic acids is 1. The van der Waals surface area contributed by atoms with Gasteiger partial charge in [-0.2, -0.15) is 0 Å². The van der Waals surface area contributed by atoms with Gasteiger partial charge < -0.3 is 10.1 Å². The van der Waals surface area contributed by atoms with Crippen molar-refractivity contribution in [3.8, 4) is 22.6 Å². The summed E-state index contributed by atoms with van der Waals surface area (Å²) in [6, 6.07) is 21.0. The number of aryl methyl sites for hydroxylation is 1. The van der Waals surface area contributed by atoms with Crippen molar-refractivity contribution in [1.29, 1.82) is 0 Å². The number of nitrogens with zero attached hydrogens (tertiary/aromatic N) is 2. The normalized spacial score (nSPS) is 15.3. The van der Waals surface area contributed by atoms with Crippen LogP contribution in [0.5, 0.6) is 5.75 Å². The van der Waals surface area contributed by atoms with E-state index in [1.807, 2.05) is 18.2 Å². The first-order valence-corrected chi connectivity index (χ1v) is 11.2. The third kappa shape index (κ3) is 5.06. The predicted molar refractivity (Wildman–Crippen MR) is 125 cm³/mol. The number of alkyl halides is 3. The first-order valence-electron chi connectivity index (χ1n) is 11.2. The summed E-state index contributed by atoms with van der Waals surface area (Å²) in [6.07, 6.45) is 1.16. The van der Waals surface area contributed by atoms with E-state index >= 15 is 0 Å². The Morgan fingerprint density at radius 3 is 2.60 bits per heavy atom. The number of ether oxygens (including phenoxy) is 1. The molecule has 1 N–H and O–H groups in total. The first-order chi connectivity index (χ1) is 16.9. The maximum atomic E-state index is 13.2.